The van der Waals surface area contributed by atoms with Gasteiger partial charge in [0.05, 0.1) is 13.0 Å². The molecule has 0 heterocycles. The van der Waals surface area contributed by atoms with Crippen molar-refractivity contribution < 1.29 is 32.5 Å². The van der Waals surface area contributed by atoms with Crippen LogP contribution in [0.15, 0.2) is 18.2 Å². The fourth-order valence-electron chi connectivity index (χ4n) is 1.31. The molecule has 1 N–H and O–H groups in total. The van der Waals surface area contributed by atoms with Crippen LogP contribution in [0.3, 0.4) is 0 Å². The normalized spacial score (nSPS) is 11.2. The van der Waals surface area contributed by atoms with Crippen molar-refractivity contribution in [2.75, 3.05) is 6.61 Å². The molecule has 106 valence electrons. The highest BCUT2D eigenvalue weighted by Gasteiger charge is 2.32. The number of hydrogen-bond donors (Lipinski definition) is 1. The maximum absolute atomic E-state index is 12.1. The number of phenolic OH excluding ortho intramolecular Hbond substituents is 1. The number of esters is 1. The summed E-state index contributed by atoms with van der Waals surface area (Å²) in [5, 5.41) is 9.23. The molecule has 0 saturated heterocycles. The summed E-state index contributed by atoms with van der Waals surface area (Å²) < 4.78 is 44.6. The van der Waals surface area contributed by atoms with Gasteiger partial charge in [-0.15, -0.1) is 13.2 Å². The second-order valence-electron chi connectivity index (χ2n) is 3.75. The van der Waals surface area contributed by atoms with Crippen LogP contribution in [0, 0.1) is 0 Å². The lowest BCUT2D eigenvalue weighted by molar-refractivity contribution is -0.275. The Hall–Kier alpha value is -1.92. The van der Waals surface area contributed by atoms with Crippen molar-refractivity contribution in [1.82, 2.24) is 0 Å². The zero-order valence-corrected chi connectivity index (χ0v) is 10.2. The molecule has 0 aliphatic rings. The van der Waals surface area contributed by atoms with Crippen molar-refractivity contribution >= 4 is 5.97 Å². The van der Waals surface area contributed by atoms with Gasteiger partial charge in [0, 0.05) is 0 Å². The lowest BCUT2D eigenvalue weighted by Gasteiger charge is -2.11. The first-order valence-electron chi connectivity index (χ1n) is 5.55. The first-order chi connectivity index (χ1) is 8.81. The summed E-state index contributed by atoms with van der Waals surface area (Å²) in [6.45, 7) is 2.08. The van der Waals surface area contributed by atoms with Gasteiger partial charge in [0.2, 0.25) is 0 Å². The van der Waals surface area contributed by atoms with Gasteiger partial charge in [0.15, 0.2) is 11.5 Å². The van der Waals surface area contributed by atoms with E-state index < -0.39 is 23.8 Å². The van der Waals surface area contributed by atoms with E-state index in [1.54, 1.807) is 0 Å². The molecule has 7 heteroatoms. The first-order valence-corrected chi connectivity index (χ1v) is 5.55. The SMILES string of the molecule is CCCOC(=O)Cc1ccc(O)c(OC(F)(F)F)c1. The molecular weight excluding hydrogens is 265 g/mol. The van der Waals surface area contributed by atoms with E-state index in [0.717, 1.165) is 12.1 Å². The van der Waals surface area contributed by atoms with Crippen LogP contribution in [0.2, 0.25) is 0 Å². The number of rotatable bonds is 5. The minimum Gasteiger partial charge on any atom is -0.504 e. The molecule has 0 aromatic heterocycles. The standard InChI is InChI=1S/C12H13F3O4/c1-2-5-18-11(17)7-8-3-4-9(16)10(6-8)19-12(13,14)15/h3-4,6,16H,2,5,7H2,1H3. The van der Waals surface area contributed by atoms with Crippen molar-refractivity contribution in [3.63, 3.8) is 0 Å². The molecule has 1 aromatic rings. The van der Waals surface area contributed by atoms with Crippen molar-refractivity contribution in [1.29, 1.82) is 0 Å². The Morgan fingerprint density at radius 1 is 1.37 bits per heavy atom. The fourth-order valence-corrected chi connectivity index (χ4v) is 1.31. The van der Waals surface area contributed by atoms with E-state index in [1.807, 2.05) is 6.92 Å². The van der Waals surface area contributed by atoms with Gasteiger partial charge in [0.25, 0.3) is 0 Å². The van der Waals surface area contributed by atoms with Crippen LogP contribution in [-0.2, 0) is 16.0 Å². The molecule has 0 unspecified atom stereocenters. The second kappa shape index (κ2) is 6.31. The fraction of sp³-hybridized carbons (Fsp3) is 0.417. The van der Waals surface area contributed by atoms with Crippen LogP contribution in [0.1, 0.15) is 18.9 Å². The molecule has 19 heavy (non-hydrogen) atoms. The molecular formula is C12H13F3O4. The van der Waals surface area contributed by atoms with Gasteiger partial charge in [-0.05, 0) is 24.1 Å². The molecule has 0 saturated carbocycles. The average molecular weight is 278 g/mol. The first kappa shape index (κ1) is 15.1. The molecule has 4 nitrogen and oxygen atoms in total. The average Bonchev–Trinajstić information content (AvgIpc) is 2.29. The Morgan fingerprint density at radius 3 is 2.63 bits per heavy atom. The largest absolute Gasteiger partial charge is 0.573 e. The van der Waals surface area contributed by atoms with Gasteiger partial charge in [-0.2, -0.15) is 0 Å². The minimum absolute atomic E-state index is 0.186. The van der Waals surface area contributed by atoms with E-state index in [0.29, 0.717) is 6.42 Å². The smallest absolute Gasteiger partial charge is 0.504 e. The van der Waals surface area contributed by atoms with Gasteiger partial charge < -0.3 is 14.6 Å². The summed E-state index contributed by atoms with van der Waals surface area (Å²) in [5.74, 6) is -1.94. The number of halogens is 3. The Labute approximate surface area is 107 Å². The molecule has 0 aliphatic heterocycles. The number of ether oxygens (including phenoxy) is 2. The van der Waals surface area contributed by atoms with Gasteiger partial charge in [0.1, 0.15) is 0 Å². The number of carbonyl (C=O) groups is 1. The summed E-state index contributed by atoms with van der Waals surface area (Å²) >= 11 is 0. The quantitative estimate of drug-likeness (QED) is 0.841. The summed E-state index contributed by atoms with van der Waals surface area (Å²) in [4.78, 5) is 11.3. The van der Waals surface area contributed by atoms with Crippen LogP contribution >= 0.6 is 0 Å². The molecule has 0 radical (unpaired) electrons. The Kier molecular flexibility index (Phi) is 5.02. The third kappa shape index (κ3) is 5.50. The molecule has 0 atom stereocenters. The van der Waals surface area contributed by atoms with Gasteiger partial charge in [-0.3, -0.25) is 4.79 Å². The highest BCUT2D eigenvalue weighted by Crippen LogP contribution is 2.32. The third-order valence-corrected chi connectivity index (χ3v) is 2.07. The van der Waals surface area contributed by atoms with E-state index >= 15 is 0 Å². The van der Waals surface area contributed by atoms with Gasteiger partial charge in [-0.25, -0.2) is 0 Å². The molecule has 0 spiro atoms. The Balaban J connectivity index is 2.76. The van der Waals surface area contributed by atoms with Gasteiger partial charge in [-0.1, -0.05) is 13.0 Å². The zero-order valence-electron chi connectivity index (χ0n) is 10.2. The summed E-state index contributed by atoms with van der Waals surface area (Å²) in [6, 6.07) is 3.31. The number of benzene rings is 1. The monoisotopic (exact) mass is 278 g/mol. The summed E-state index contributed by atoms with van der Waals surface area (Å²) in [6.07, 6.45) is -4.43. The summed E-state index contributed by atoms with van der Waals surface area (Å²) in [5.41, 5.74) is 0.262. The molecule has 0 amide bonds. The topological polar surface area (TPSA) is 55.8 Å². The predicted molar refractivity (Wildman–Crippen MR) is 59.7 cm³/mol. The van der Waals surface area contributed by atoms with Crippen molar-refractivity contribution in [3.8, 4) is 11.5 Å². The van der Waals surface area contributed by atoms with Crippen LogP contribution in [0.5, 0.6) is 11.5 Å². The molecule has 0 aliphatic carbocycles. The molecule has 1 rings (SSSR count). The van der Waals surface area contributed by atoms with E-state index in [1.165, 1.54) is 6.07 Å². The number of alkyl halides is 3. The third-order valence-electron chi connectivity index (χ3n) is 2.07. The second-order valence-corrected chi connectivity index (χ2v) is 3.75. The predicted octanol–water partition coefficient (Wildman–Crippen LogP) is 2.79. The Bertz CT molecular complexity index is 443. The maximum atomic E-state index is 12.1. The van der Waals surface area contributed by atoms with Crippen LogP contribution < -0.4 is 4.74 Å². The number of carbonyl (C=O) groups excluding carboxylic acids is 1. The maximum Gasteiger partial charge on any atom is 0.573 e. The lowest BCUT2D eigenvalue weighted by atomic mass is 10.1. The van der Waals surface area contributed by atoms with Crippen LogP contribution in [0.25, 0.3) is 0 Å². The summed E-state index contributed by atoms with van der Waals surface area (Å²) in [7, 11) is 0. The molecule has 1 aromatic carbocycles. The lowest BCUT2D eigenvalue weighted by Crippen LogP contribution is -2.17. The Morgan fingerprint density at radius 2 is 2.05 bits per heavy atom. The van der Waals surface area contributed by atoms with E-state index in [9.17, 15) is 23.1 Å². The zero-order chi connectivity index (χ0) is 14.5. The van der Waals surface area contributed by atoms with E-state index in [4.69, 9.17) is 4.74 Å². The highest BCUT2D eigenvalue weighted by atomic mass is 19.4. The van der Waals surface area contributed by atoms with E-state index in [2.05, 4.69) is 4.74 Å². The van der Waals surface area contributed by atoms with E-state index in [-0.39, 0.29) is 18.6 Å². The van der Waals surface area contributed by atoms with Gasteiger partial charge >= 0.3 is 12.3 Å². The van der Waals surface area contributed by atoms with Crippen LogP contribution in [-0.4, -0.2) is 24.0 Å². The minimum atomic E-state index is -4.90. The van der Waals surface area contributed by atoms with Crippen molar-refractivity contribution in [2.24, 2.45) is 0 Å². The molecule has 0 bridgehead atoms. The number of aromatic hydroxyl groups is 1. The number of phenols is 1. The molecule has 0 fully saturated rings. The number of hydrogen-bond acceptors (Lipinski definition) is 4. The van der Waals surface area contributed by atoms with Crippen molar-refractivity contribution in [2.45, 2.75) is 26.1 Å². The van der Waals surface area contributed by atoms with Crippen molar-refractivity contribution in [3.05, 3.63) is 23.8 Å². The van der Waals surface area contributed by atoms with Crippen LogP contribution in [0.4, 0.5) is 13.2 Å². The highest BCUT2D eigenvalue weighted by molar-refractivity contribution is 5.72.